The molecule has 0 saturated carbocycles. The van der Waals surface area contributed by atoms with E-state index in [1.165, 1.54) is 0 Å². The molecule has 0 aliphatic heterocycles. The van der Waals surface area contributed by atoms with Crippen molar-refractivity contribution in [2.24, 2.45) is 10.4 Å². The molecule has 0 saturated heterocycles. The van der Waals surface area contributed by atoms with Crippen molar-refractivity contribution in [3.05, 3.63) is 58.3 Å². The highest BCUT2D eigenvalue weighted by molar-refractivity contribution is 6.01. The van der Waals surface area contributed by atoms with Gasteiger partial charge in [-0.05, 0) is 56.2 Å². The minimum atomic E-state index is 0.0766. The van der Waals surface area contributed by atoms with Gasteiger partial charge in [0, 0.05) is 0 Å². The predicted octanol–water partition coefficient (Wildman–Crippen LogP) is 4.79. The molecule has 0 spiro atoms. The zero-order chi connectivity index (χ0) is 12.5. The highest BCUT2D eigenvalue weighted by Gasteiger charge is 2.07. The van der Waals surface area contributed by atoms with Gasteiger partial charge in [0.15, 0.2) is 0 Å². The van der Waals surface area contributed by atoms with Crippen LogP contribution < -0.4 is 0 Å². The third-order valence-corrected chi connectivity index (χ3v) is 2.99. The number of rotatable bonds is 2. The Morgan fingerprint density at radius 1 is 0.611 bits per heavy atom. The van der Waals surface area contributed by atoms with Crippen molar-refractivity contribution in [2.45, 2.75) is 0 Å². The number of hydrogen-bond acceptors (Lipinski definition) is 4. The van der Waals surface area contributed by atoms with Crippen LogP contribution in [0.25, 0.3) is 21.5 Å². The van der Waals surface area contributed by atoms with Gasteiger partial charge in [0.1, 0.15) is 11.4 Å². The van der Waals surface area contributed by atoms with E-state index in [1.807, 2.05) is 36.4 Å². The third kappa shape index (κ3) is 1.55. The zero-order valence-electron chi connectivity index (χ0n) is 9.33. The van der Waals surface area contributed by atoms with Crippen molar-refractivity contribution in [1.82, 2.24) is 0 Å². The first kappa shape index (κ1) is 10.5. The van der Waals surface area contributed by atoms with E-state index in [9.17, 15) is 9.81 Å². The van der Waals surface area contributed by atoms with Crippen LogP contribution >= 0.6 is 0 Å². The largest absolute Gasteiger partial charge is 0.145 e. The molecular weight excluding hydrogens is 228 g/mol. The van der Waals surface area contributed by atoms with Gasteiger partial charge in [-0.3, -0.25) is 0 Å². The summed E-state index contributed by atoms with van der Waals surface area (Å²) in [6.07, 6.45) is 0. The fourth-order valence-corrected chi connectivity index (χ4v) is 2.11. The van der Waals surface area contributed by atoms with Gasteiger partial charge in [-0.1, -0.05) is 24.3 Å². The molecule has 0 fully saturated rings. The number of nitrogens with zero attached hydrogens (tertiary/aromatic N) is 2. The van der Waals surface area contributed by atoms with E-state index in [0.29, 0.717) is 0 Å². The summed E-state index contributed by atoms with van der Waals surface area (Å²) in [5.41, 5.74) is 0.153. The van der Waals surface area contributed by atoms with Crippen LogP contribution in [0.15, 0.2) is 58.9 Å². The van der Waals surface area contributed by atoms with Crippen LogP contribution in [0.4, 0.5) is 11.4 Å². The van der Waals surface area contributed by atoms with E-state index in [0.717, 1.165) is 21.5 Å². The molecule has 0 N–H and O–H groups in total. The number of benzene rings is 3. The van der Waals surface area contributed by atoms with Crippen molar-refractivity contribution < 1.29 is 0 Å². The van der Waals surface area contributed by atoms with Crippen LogP contribution in [-0.4, -0.2) is 0 Å². The molecule has 3 aromatic carbocycles. The molecule has 0 bridgehead atoms. The Balaban J connectivity index is 2.43. The summed E-state index contributed by atoms with van der Waals surface area (Å²) >= 11 is 0. The number of hydrogen-bond donors (Lipinski definition) is 0. The lowest BCUT2D eigenvalue weighted by atomic mass is 10.0. The first-order chi connectivity index (χ1) is 8.81. The topological polar surface area (TPSA) is 58.9 Å². The molecular formula is C14H8N2O2. The van der Waals surface area contributed by atoms with Gasteiger partial charge in [0.25, 0.3) is 0 Å². The number of fused-ring (bicyclic) bond motifs is 2. The summed E-state index contributed by atoms with van der Waals surface area (Å²) < 4.78 is 0. The summed E-state index contributed by atoms with van der Waals surface area (Å²) in [7, 11) is 0. The minimum Gasteiger partial charge on any atom is -0.145 e. The summed E-state index contributed by atoms with van der Waals surface area (Å²) in [4.78, 5) is 21.3. The average molecular weight is 236 g/mol. The van der Waals surface area contributed by atoms with Crippen LogP contribution in [-0.2, 0) is 0 Å². The van der Waals surface area contributed by atoms with Gasteiger partial charge in [0.2, 0.25) is 0 Å². The molecule has 0 amide bonds. The number of nitroso groups, excluding NO2 is 2. The maximum atomic E-state index is 10.6. The molecule has 18 heavy (non-hydrogen) atoms. The molecule has 0 atom stereocenters. The molecule has 0 aliphatic rings. The lowest BCUT2D eigenvalue weighted by Crippen LogP contribution is -1.77. The summed E-state index contributed by atoms with van der Waals surface area (Å²) in [5, 5.41) is 9.55. The predicted molar refractivity (Wildman–Crippen MR) is 72.4 cm³/mol. The molecule has 0 aliphatic carbocycles. The van der Waals surface area contributed by atoms with Crippen molar-refractivity contribution in [3.8, 4) is 0 Å². The van der Waals surface area contributed by atoms with E-state index in [-0.39, 0.29) is 11.4 Å². The van der Waals surface area contributed by atoms with E-state index in [1.54, 1.807) is 12.1 Å². The first-order valence-corrected chi connectivity index (χ1v) is 5.45. The second kappa shape index (κ2) is 4.00. The summed E-state index contributed by atoms with van der Waals surface area (Å²) in [6.45, 7) is 0. The standard InChI is InChI=1S/C14H8N2O2/c17-15-13-7-11-5-9-3-1-2-4-10(9)6-12(11)8-14(13)16-18/h1-8H. The van der Waals surface area contributed by atoms with Crippen LogP contribution in [0.3, 0.4) is 0 Å². The monoisotopic (exact) mass is 236 g/mol. The van der Waals surface area contributed by atoms with Crippen molar-refractivity contribution in [1.29, 1.82) is 0 Å². The lowest BCUT2D eigenvalue weighted by molar-refractivity contribution is 1.44. The van der Waals surface area contributed by atoms with Crippen LogP contribution in [0.2, 0.25) is 0 Å². The Hall–Kier alpha value is -2.62. The highest BCUT2D eigenvalue weighted by atomic mass is 16.3. The molecule has 86 valence electrons. The van der Waals surface area contributed by atoms with Gasteiger partial charge in [0.05, 0.1) is 0 Å². The van der Waals surface area contributed by atoms with Gasteiger partial charge in [-0.25, -0.2) is 0 Å². The van der Waals surface area contributed by atoms with E-state index >= 15 is 0 Å². The van der Waals surface area contributed by atoms with E-state index in [2.05, 4.69) is 10.4 Å². The SMILES string of the molecule is O=Nc1cc2cc3ccccc3cc2cc1N=O. The van der Waals surface area contributed by atoms with Gasteiger partial charge in [-0.2, -0.15) is 0 Å². The molecule has 0 unspecified atom stereocenters. The fourth-order valence-electron chi connectivity index (χ4n) is 2.11. The zero-order valence-corrected chi connectivity index (χ0v) is 9.33. The summed E-state index contributed by atoms with van der Waals surface area (Å²) in [5.74, 6) is 0. The molecule has 0 heterocycles. The van der Waals surface area contributed by atoms with Crippen LogP contribution in [0.1, 0.15) is 0 Å². The fraction of sp³-hybridized carbons (Fsp3) is 0. The molecule has 4 nitrogen and oxygen atoms in total. The van der Waals surface area contributed by atoms with Crippen LogP contribution in [0, 0.1) is 9.81 Å². The van der Waals surface area contributed by atoms with Gasteiger partial charge >= 0.3 is 0 Å². The highest BCUT2D eigenvalue weighted by Crippen LogP contribution is 2.34. The van der Waals surface area contributed by atoms with E-state index < -0.39 is 0 Å². The summed E-state index contributed by atoms with van der Waals surface area (Å²) in [6, 6.07) is 15.0. The molecule has 0 radical (unpaired) electrons. The quantitative estimate of drug-likeness (QED) is 0.474. The van der Waals surface area contributed by atoms with Gasteiger partial charge < -0.3 is 0 Å². The normalized spacial score (nSPS) is 10.7. The van der Waals surface area contributed by atoms with Crippen molar-refractivity contribution >= 4 is 32.9 Å². The Morgan fingerprint density at radius 2 is 1.06 bits per heavy atom. The Labute approximate surface area is 102 Å². The van der Waals surface area contributed by atoms with Crippen molar-refractivity contribution in [2.75, 3.05) is 0 Å². The smallest absolute Gasteiger partial charge is 0.137 e. The molecule has 0 aromatic heterocycles. The second-order valence-electron chi connectivity index (χ2n) is 4.07. The van der Waals surface area contributed by atoms with E-state index in [4.69, 9.17) is 0 Å². The molecule has 3 aromatic rings. The minimum absolute atomic E-state index is 0.0766. The van der Waals surface area contributed by atoms with Crippen molar-refractivity contribution in [3.63, 3.8) is 0 Å². The Kier molecular flexibility index (Phi) is 2.34. The Morgan fingerprint density at radius 3 is 1.44 bits per heavy atom. The van der Waals surface area contributed by atoms with Gasteiger partial charge in [-0.15, -0.1) is 9.81 Å². The maximum absolute atomic E-state index is 10.6. The maximum Gasteiger partial charge on any atom is 0.137 e. The molecule has 4 heteroatoms. The third-order valence-electron chi connectivity index (χ3n) is 2.99. The molecule has 3 rings (SSSR count). The van der Waals surface area contributed by atoms with Crippen LogP contribution in [0.5, 0.6) is 0 Å². The Bertz CT molecular complexity index is 715. The second-order valence-corrected chi connectivity index (χ2v) is 4.07. The first-order valence-electron chi connectivity index (χ1n) is 5.45. The average Bonchev–Trinajstić information content (AvgIpc) is 2.43. The lowest BCUT2D eigenvalue weighted by Gasteiger charge is -2.03.